The molecule has 1 unspecified atom stereocenters. The van der Waals surface area contributed by atoms with Crippen LogP contribution in [0.1, 0.15) is 181 Å². The molecule has 55 heavy (non-hydrogen) atoms. The first-order valence-corrected chi connectivity index (χ1v) is 23.3. The highest BCUT2D eigenvalue weighted by molar-refractivity contribution is 7.47. The molecule has 318 valence electrons. The zero-order valence-electron chi connectivity index (χ0n) is 34.9. The Kier molecular flexibility index (Phi) is 39.6. The van der Waals surface area contributed by atoms with E-state index in [0.717, 1.165) is 77.0 Å². The molecule has 0 spiro atoms. The van der Waals surface area contributed by atoms with E-state index in [0.29, 0.717) is 6.42 Å². The van der Waals surface area contributed by atoms with Crippen LogP contribution in [0.2, 0.25) is 0 Å². The molecule has 0 aromatic heterocycles. The maximum absolute atomic E-state index is 12.6. The minimum Gasteiger partial charge on any atom is -0.462 e. The highest BCUT2D eigenvalue weighted by atomic mass is 31.2. The van der Waals surface area contributed by atoms with Crippen LogP contribution in [0.15, 0.2) is 60.8 Å². The first kappa shape index (κ1) is 52.7. The quantitative estimate of drug-likeness (QED) is 0.0269. The summed E-state index contributed by atoms with van der Waals surface area (Å²) in [5, 5.41) is 0. The first-order chi connectivity index (χ1) is 26.8. The second kappa shape index (κ2) is 41.3. The van der Waals surface area contributed by atoms with Crippen LogP contribution < -0.4 is 5.73 Å². The van der Waals surface area contributed by atoms with Crippen LogP contribution in [0.3, 0.4) is 0 Å². The highest BCUT2D eigenvalue weighted by Crippen LogP contribution is 2.43. The van der Waals surface area contributed by atoms with E-state index >= 15 is 0 Å². The average molecular weight is 794 g/mol. The zero-order valence-corrected chi connectivity index (χ0v) is 35.8. The minimum atomic E-state index is -4.39. The van der Waals surface area contributed by atoms with E-state index in [1.165, 1.54) is 70.6 Å². The van der Waals surface area contributed by atoms with Gasteiger partial charge in [-0.2, -0.15) is 0 Å². The number of ether oxygens (including phenoxy) is 2. The van der Waals surface area contributed by atoms with Gasteiger partial charge in [-0.25, -0.2) is 4.57 Å². The smallest absolute Gasteiger partial charge is 0.462 e. The molecule has 0 heterocycles. The molecule has 0 fully saturated rings. The lowest BCUT2D eigenvalue weighted by atomic mass is 10.1. The van der Waals surface area contributed by atoms with Crippen molar-refractivity contribution in [2.24, 2.45) is 5.73 Å². The van der Waals surface area contributed by atoms with Gasteiger partial charge in [0.2, 0.25) is 0 Å². The molecular formula is C45H80NO8P. The van der Waals surface area contributed by atoms with Gasteiger partial charge in [0.1, 0.15) is 6.61 Å². The van der Waals surface area contributed by atoms with Crippen molar-refractivity contribution >= 4 is 19.8 Å². The molecular weight excluding hydrogens is 713 g/mol. The average Bonchev–Trinajstić information content (AvgIpc) is 3.17. The maximum atomic E-state index is 12.6. The molecule has 3 N–H and O–H groups in total. The minimum absolute atomic E-state index is 0.0457. The Hall–Kier alpha value is -2.29. The topological polar surface area (TPSA) is 134 Å². The van der Waals surface area contributed by atoms with Gasteiger partial charge in [-0.05, 0) is 83.5 Å². The molecule has 0 amide bonds. The Morgan fingerprint density at radius 3 is 1.40 bits per heavy atom. The van der Waals surface area contributed by atoms with Crippen molar-refractivity contribution in [3.63, 3.8) is 0 Å². The molecule has 0 saturated heterocycles. The molecule has 0 aliphatic heterocycles. The van der Waals surface area contributed by atoms with Crippen LogP contribution in [-0.4, -0.2) is 49.3 Å². The van der Waals surface area contributed by atoms with Crippen molar-refractivity contribution in [3.8, 4) is 0 Å². The number of phosphoric ester groups is 1. The fourth-order valence-corrected chi connectivity index (χ4v) is 6.38. The summed E-state index contributed by atoms with van der Waals surface area (Å²) in [5.74, 6) is -0.866. The Bertz CT molecular complexity index is 1090. The number of hydrogen-bond donors (Lipinski definition) is 2. The van der Waals surface area contributed by atoms with Gasteiger partial charge < -0.3 is 20.1 Å². The number of rotatable bonds is 40. The van der Waals surface area contributed by atoms with E-state index in [9.17, 15) is 19.0 Å². The molecule has 0 bridgehead atoms. The molecule has 10 heteroatoms. The van der Waals surface area contributed by atoms with Gasteiger partial charge in [-0.1, -0.05) is 145 Å². The normalized spacial score (nSPS) is 13.9. The summed E-state index contributed by atoms with van der Waals surface area (Å²) in [7, 11) is -4.39. The summed E-state index contributed by atoms with van der Waals surface area (Å²) >= 11 is 0. The third-order valence-electron chi connectivity index (χ3n) is 8.88. The molecule has 0 radical (unpaired) electrons. The largest absolute Gasteiger partial charge is 0.472 e. The summed E-state index contributed by atoms with van der Waals surface area (Å²) in [5.41, 5.74) is 5.34. The van der Waals surface area contributed by atoms with Gasteiger partial charge >= 0.3 is 19.8 Å². The molecule has 0 aliphatic carbocycles. The van der Waals surface area contributed by atoms with Crippen LogP contribution in [0.25, 0.3) is 0 Å². The summed E-state index contributed by atoms with van der Waals surface area (Å²) in [6, 6.07) is 0. The fourth-order valence-electron chi connectivity index (χ4n) is 5.61. The van der Waals surface area contributed by atoms with Gasteiger partial charge in [0.25, 0.3) is 0 Å². The second-order valence-corrected chi connectivity index (χ2v) is 15.7. The Morgan fingerprint density at radius 2 is 0.945 bits per heavy atom. The van der Waals surface area contributed by atoms with Crippen molar-refractivity contribution in [2.75, 3.05) is 26.4 Å². The van der Waals surface area contributed by atoms with E-state index in [1.807, 2.05) is 0 Å². The van der Waals surface area contributed by atoms with Crippen LogP contribution in [0, 0.1) is 0 Å². The predicted molar refractivity (Wildman–Crippen MR) is 229 cm³/mol. The van der Waals surface area contributed by atoms with Gasteiger partial charge in [0.05, 0.1) is 13.2 Å². The second-order valence-electron chi connectivity index (χ2n) is 14.2. The lowest BCUT2D eigenvalue weighted by molar-refractivity contribution is -0.161. The number of carbonyl (C=O) groups is 2. The number of carbonyl (C=O) groups excluding carboxylic acids is 2. The molecule has 0 saturated carbocycles. The van der Waals surface area contributed by atoms with E-state index in [1.54, 1.807) is 0 Å². The maximum Gasteiger partial charge on any atom is 0.472 e. The van der Waals surface area contributed by atoms with Gasteiger partial charge in [-0.3, -0.25) is 18.6 Å². The van der Waals surface area contributed by atoms with Crippen molar-refractivity contribution in [1.82, 2.24) is 0 Å². The number of esters is 2. The monoisotopic (exact) mass is 794 g/mol. The molecule has 9 nitrogen and oxygen atoms in total. The predicted octanol–water partition coefficient (Wildman–Crippen LogP) is 12.5. The van der Waals surface area contributed by atoms with Crippen LogP contribution in [0.5, 0.6) is 0 Å². The lowest BCUT2D eigenvalue weighted by Gasteiger charge is -2.19. The van der Waals surface area contributed by atoms with Crippen LogP contribution >= 0.6 is 7.82 Å². The SMILES string of the molecule is CCCCCC=CCC=CCC=CCCCCCCC(=O)O[C@H](COC(=O)CCCCCCCCCC=CCC=CCCCCC)COP(=O)(O)OCCN. The Balaban J connectivity index is 4.22. The number of allylic oxidation sites excluding steroid dienone is 10. The Labute approximate surface area is 336 Å². The van der Waals surface area contributed by atoms with Crippen LogP contribution in [-0.2, 0) is 32.7 Å². The fraction of sp³-hybridized carbons (Fsp3) is 0.733. The third-order valence-corrected chi connectivity index (χ3v) is 9.86. The summed E-state index contributed by atoms with van der Waals surface area (Å²) in [6.07, 6.45) is 48.1. The number of phosphoric acid groups is 1. The molecule has 2 atom stereocenters. The van der Waals surface area contributed by atoms with E-state index < -0.39 is 32.5 Å². The Morgan fingerprint density at radius 1 is 0.545 bits per heavy atom. The van der Waals surface area contributed by atoms with Gasteiger partial charge in [0.15, 0.2) is 6.10 Å². The third kappa shape index (κ3) is 41.2. The van der Waals surface area contributed by atoms with Crippen molar-refractivity contribution in [3.05, 3.63) is 60.8 Å². The van der Waals surface area contributed by atoms with Crippen molar-refractivity contribution in [2.45, 2.75) is 187 Å². The van der Waals surface area contributed by atoms with Gasteiger partial charge in [0, 0.05) is 19.4 Å². The molecule has 0 rings (SSSR count). The highest BCUT2D eigenvalue weighted by Gasteiger charge is 2.26. The summed E-state index contributed by atoms with van der Waals surface area (Å²) in [4.78, 5) is 34.9. The van der Waals surface area contributed by atoms with E-state index in [2.05, 4.69) is 74.6 Å². The molecule has 0 aromatic carbocycles. The number of hydrogen-bond acceptors (Lipinski definition) is 8. The van der Waals surface area contributed by atoms with Crippen molar-refractivity contribution in [1.29, 1.82) is 0 Å². The summed E-state index contributed by atoms with van der Waals surface area (Å²) < 4.78 is 32.8. The zero-order chi connectivity index (χ0) is 40.3. The van der Waals surface area contributed by atoms with E-state index in [4.69, 9.17) is 24.3 Å². The first-order valence-electron chi connectivity index (χ1n) is 21.8. The van der Waals surface area contributed by atoms with Gasteiger partial charge in [-0.15, -0.1) is 0 Å². The molecule has 0 aliphatic rings. The molecule has 0 aromatic rings. The standard InChI is InChI=1S/C45H80NO8P/c1-3-5-7-9-11-13-15-17-19-21-23-25-27-29-31-33-35-37-44(47)51-41-43(42-53-55(49,50)52-40-39-46)54-45(48)38-36-34-32-30-28-26-24-22-20-18-16-14-12-10-8-6-4-2/h11-14,17-20,24,26,43H,3-10,15-16,21-23,25,27-42,46H2,1-2H3,(H,49,50)/t43-/m1/s1. The number of unbranched alkanes of at least 4 members (excludes halogenated alkanes) is 17. The van der Waals surface area contributed by atoms with E-state index in [-0.39, 0.29) is 32.6 Å². The van der Waals surface area contributed by atoms with Crippen LogP contribution in [0.4, 0.5) is 0 Å². The van der Waals surface area contributed by atoms with Crippen molar-refractivity contribution < 1.29 is 37.6 Å². The summed E-state index contributed by atoms with van der Waals surface area (Å²) in [6.45, 7) is 3.63. The number of nitrogens with two attached hydrogens (primary N) is 1. The lowest BCUT2D eigenvalue weighted by Crippen LogP contribution is -2.29.